The SMILES string of the molecule is OCCN(CCN1CCCCC1)CC(F)(F)F. The van der Waals surface area contributed by atoms with Gasteiger partial charge in [-0.3, -0.25) is 4.90 Å². The quantitative estimate of drug-likeness (QED) is 0.774. The summed E-state index contributed by atoms with van der Waals surface area (Å²) in [6.45, 7) is 1.94. The fraction of sp³-hybridized carbons (Fsp3) is 1.00. The average molecular weight is 254 g/mol. The summed E-state index contributed by atoms with van der Waals surface area (Å²) in [6.07, 6.45) is -0.686. The van der Waals surface area contributed by atoms with Crippen molar-refractivity contribution in [3.05, 3.63) is 0 Å². The Labute approximate surface area is 100 Å². The molecule has 17 heavy (non-hydrogen) atoms. The Morgan fingerprint density at radius 3 is 2.24 bits per heavy atom. The Kier molecular flexibility index (Phi) is 6.22. The molecule has 0 radical (unpaired) electrons. The highest BCUT2D eigenvalue weighted by atomic mass is 19.4. The summed E-state index contributed by atoms with van der Waals surface area (Å²) in [7, 11) is 0. The highest BCUT2D eigenvalue weighted by molar-refractivity contribution is 4.69. The van der Waals surface area contributed by atoms with E-state index < -0.39 is 12.7 Å². The number of alkyl halides is 3. The van der Waals surface area contributed by atoms with Crippen LogP contribution >= 0.6 is 0 Å². The van der Waals surface area contributed by atoms with Crippen LogP contribution in [0.3, 0.4) is 0 Å². The van der Waals surface area contributed by atoms with Crippen molar-refractivity contribution < 1.29 is 18.3 Å². The molecule has 1 saturated heterocycles. The molecular weight excluding hydrogens is 233 g/mol. The predicted octanol–water partition coefficient (Wildman–Crippen LogP) is 1.33. The summed E-state index contributed by atoms with van der Waals surface area (Å²) in [5, 5.41) is 8.75. The second-order valence-corrected chi connectivity index (χ2v) is 4.52. The van der Waals surface area contributed by atoms with Gasteiger partial charge in [-0.25, -0.2) is 0 Å². The fourth-order valence-corrected chi connectivity index (χ4v) is 2.13. The maximum absolute atomic E-state index is 12.3. The number of rotatable bonds is 6. The number of aliphatic hydroxyl groups excluding tert-OH is 1. The van der Waals surface area contributed by atoms with E-state index in [0.717, 1.165) is 25.9 Å². The van der Waals surface area contributed by atoms with Gasteiger partial charge in [-0.1, -0.05) is 6.42 Å². The van der Waals surface area contributed by atoms with Gasteiger partial charge in [0.05, 0.1) is 13.2 Å². The Balaban J connectivity index is 2.27. The highest BCUT2D eigenvalue weighted by Crippen LogP contribution is 2.16. The standard InChI is InChI=1S/C11H21F3N2O/c12-11(13,14)10-16(8-9-17)7-6-15-4-2-1-3-5-15/h17H,1-10H2. The van der Waals surface area contributed by atoms with Crippen LogP contribution in [0.15, 0.2) is 0 Å². The molecule has 0 bridgehead atoms. The summed E-state index contributed by atoms with van der Waals surface area (Å²) < 4.78 is 36.8. The third kappa shape index (κ3) is 6.85. The van der Waals surface area contributed by atoms with Crippen molar-refractivity contribution >= 4 is 0 Å². The molecular formula is C11H21F3N2O. The van der Waals surface area contributed by atoms with Crippen LogP contribution in [0.2, 0.25) is 0 Å². The molecule has 0 aromatic carbocycles. The maximum Gasteiger partial charge on any atom is 0.401 e. The third-order valence-corrected chi connectivity index (χ3v) is 3.00. The Hall–Kier alpha value is -0.330. The zero-order chi connectivity index (χ0) is 12.7. The molecule has 1 rings (SSSR count). The molecule has 0 saturated carbocycles. The molecule has 1 fully saturated rings. The minimum absolute atomic E-state index is 0.0906. The summed E-state index contributed by atoms with van der Waals surface area (Å²) in [5.41, 5.74) is 0. The van der Waals surface area contributed by atoms with Crippen molar-refractivity contribution in [2.24, 2.45) is 0 Å². The second-order valence-electron chi connectivity index (χ2n) is 4.52. The molecule has 1 aliphatic heterocycles. The van der Waals surface area contributed by atoms with E-state index in [-0.39, 0.29) is 13.2 Å². The van der Waals surface area contributed by atoms with Crippen LogP contribution in [0.25, 0.3) is 0 Å². The number of piperidine rings is 1. The molecule has 1 N–H and O–H groups in total. The van der Waals surface area contributed by atoms with Gasteiger partial charge in [-0.2, -0.15) is 13.2 Å². The average Bonchev–Trinajstić information content (AvgIpc) is 2.26. The molecule has 0 spiro atoms. The molecule has 0 unspecified atom stereocenters. The van der Waals surface area contributed by atoms with Crippen LogP contribution in [-0.2, 0) is 0 Å². The molecule has 0 atom stereocenters. The van der Waals surface area contributed by atoms with Gasteiger partial charge in [-0.05, 0) is 25.9 Å². The van der Waals surface area contributed by atoms with Crippen LogP contribution in [0.5, 0.6) is 0 Å². The highest BCUT2D eigenvalue weighted by Gasteiger charge is 2.30. The Morgan fingerprint density at radius 2 is 1.71 bits per heavy atom. The molecule has 1 heterocycles. The molecule has 6 heteroatoms. The Bertz CT molecular complexity index is 205. The number of hydrogen-bond acceptors (Lipinski definition) is 3. The first kappa shape index (κ1) is 14.7. The molecule has 3 nitrogen and oxygen atoms in total. The van der Waals surface area contributed by atoms with Gasteiger partial charge in [-0.15, -0.1) is 0 Å². The van der Waals surface area contributed by atoms with Crippen molar-refractivity contribution in [1.29, 1.82) is 0 Å². The number of hydrogen-bond donors (Lipinski definition) is 1. The molecule has 0 amide bonds. The minimum Gasteiger partial charge on any atom is -0.395 e. The monoisotopic (exact) mass is 254 g/mol. The van der Waals surface area contributed by atoms with E-state index in [9.17, 15) is 13.2 Å². The zero-order valence-electron chi connectivity index (χ0n) is 10.0. The van der Waals surface area contributed by atoms with Crippen LogP contribution in [0.4, 0.5) is 13.2 Å². The van der Waals surface area contributed by atoms with Crippen LogP contribution in [0, 0.1) is 0 Å². The fourth-order valence-electron chi connectivity index (χ4n) is 2.13. The number of likely N-dealkylation sites (tertiary alicyclic amines) is 1. The predicted molar refractivity (Wildman–Crippen MR) is 59.9 cm³/mol. The lowest BCUT2D eigenvalue weighted by molar-refractivity contribution is -0.147. The summed E-state index contributed by atoms with van der Waals surface area (Å²) >= 11 is 0. The smallest absolute Gasteiger partial charge is 0.395 e. The van der Waals surface area contributed by atoms with Gasteiger partial charge in [0, 0.05) is 19.6 Å². The first-order valence-corrected chi connectivity index (χ1v) is 6.13. The number of aliphatic hydroxyl groups is 1. The molecule has 102 valence electrons. The van der Waals surface area contributed by atoms with E-state index in [1.165, 1.54) is 11.3 Å². The largest absolute Gasteiger partial charge is 0.401 e. The van der Waals surface area contributed by atoms with E-state index in [2.05, 4.69) is 4.90 Å². The number of halogens is 3. The number of nitrogens with zero attached hydrogens (tertiary/aromatic N) is 2. The minimum atomic E-state index is -4.18. The van der Waals surface area contributed by atoms with Crippen molar-refractivity contribution in [2.45, 2.75) is 25.4 Å². The second kappa shape index (κ2) is 7.18. The molecule has 0 aliphatic carbocycles. The summed E-state index contributed by atoms with van der Waals surface area (Å²) in [6, 6.07) is 0. The van der Waals surface area contributed by atoms with Crippen molar-refractivity contribution in [3.63, 3.8) is 0 Å². The van der Waals surface area contributed by atoms with Crippen molar-refractivity contribution in [2.75, 3.05) is 45.9 Å². The van der Waals surface area contributed by atoms with E-state index in [4.69, 9.17) is 5.11 Å². The van der Waals surface area contributed by atoms with Crippen LogP contribution < -0.4 is 0 Å². The maximum atomic E-state index is 12.3. The zero-order valence-corrected chi connectivity index (χ0v) is 10.0. The van der Waals surface area contributed by atoms with Gasteiger partial charge in [0.2, 0.25) is 0 Å². The molecule has 0 aromatic heterocycles. The third-order valence-electron chi connectivity index (χ3n) is 3.00. The normalized spacial score (nSPS) is 18.9. The van der Waals surface area contributed by atoms with Gasteiger partial charge in [0.25, 0.3) is 0 Å². The van der Waals surface area contributed by atoms with Gasteiger partial charge >= 0.3 is 6.18 Å². The molecule has 0 aromatic rings. The first-order chi connectivity index (χ1) is 8.01. The van der Waals surface area contributed by atoms with E-state index in [0.29, 0.717) is 13.1 Å². The van der Waals surface area contributed by atoms with E-state index in [1.807, 2.05) is 0 Å². The van der Waals surface area contributed by atoms with Crippen molar-refractivity contribution in [1.82, 2.24) is 9.80 Å². The Morgan fingerprint density at radius 1 is 1.06 bits per heavy atom. The summed E-state index contributed by atoms with van der Waals surface area (Å²) in [5.74, 6) is 0. The lowest BCUT2D eigenvalue weighted by atomic mass is 10.1. The lowest BCUT2D eigenvalue weighted by Gasteiger charge is -2.30. The van der Waals surface area contributed by atoms with Crippen molar-refractivity contribution in [3.8, 4) is 0 Å². The van der Waals surface area contributed by atoms with Gasteiger partial charge < -0.3 is 10.0 Å². The summed E-state index contributed by atoms with van der Waals surface area (Å²) in [4.78, 5) is 3.47. The van der Waals surface area contributed by atoms with Crippen LogP contribution in [-0.4, -0.2) is 67.0 Å². The van der Waals surface area contributed by atoms with Crippen LogP contribution in [0.1, 0.15) is 19.3 Å². The van der Waals surface area contributed by atoms with E-state index in [1.54, 1.807) is 0 Å². The first-order valence-electron chi connectivity index (χ1n) is 6.13. The van der Waals surface area contributed by atoms with E-state index >= 15 is 0 Å². The van der Waals surface area contributed by atoms with Gasteiger partial charge in [0.15, 0.2) is 0 Å². The molecule has 1 aliphatic rings. The topological polar surface area (TPSA) is 26.7 Å². The van der Waals surface area contributed by atoms with Gasteiger partial charge in [0.1, 0.15) is 0 Å². The lowest BCUT2D eigenvalue weighted by Crippen LogP contribution is -2.42.